The van der Waals surface area contributed by atoms with E-state index >= 15 is 0 Å². The molecule has 0 saturated carbocycles. The Morgan fingerprint density at radius 3 is 2.32 bits per heavy atom. The topological polar surface area (TPSA) is 180 Å². The van der Waals surface area contributed by atoms with E-state index in [0.29, 0.717) is 30.4 Å². The van der Waals surface area contributed by atoms with Gasteiger partial charge in [0.25, 0.3) is 5.91 Å². The number of ether oxygens (including phenoxy) is 2. The van der Waals surface area contributed by atoms with E-state index in [9.17, 15) is 19.5 Å². The van der Waals surface area contributed by atoms with E-state index in [2.05, 4.69) is 15.3 Å². The van der Waals surface area contributed by atoms with Crippen LogP contribution in [0.2, 0.25) is 0 Å². The third-order valence-corrected chi connectivity index (χ3v) is 4.96. The molecule has 0 bridgehead atoms. The summed E-state index contributed by atoms with van der Waals surface area (Å²) in [6, 6.07) is 5.94. The standard InChI is InChI=1S/C23H31N5O6/c1-3-33-18(29)13-12-17(22(32)34-4-2)26-20(30)15-10-8-14(9-11-15)6-5-7-16-19(24)27-23(25)28-21(16)31/h8-11,17H,3-7,12-13H2,1-2H3,(H,26,30)(H5,24,25,27,28,31)/t17-/m1/s1. The van der Waals surface area contributed by atoms with Gasteiger partial charge in [-0.3, -0.25) is 9.59 Å². The minimum Gasteiger partial charge on any atom is -0.493 e. The Morgan fingerprint density at radius 2 is 1.71 bits per heavy atom. The lowest BCUT2D eigenvalue weighted by Gasteiger charge is -2.17. The van der Waals surface area contributed by atoms with Crippen molar-refractivity contribution in [1.82, 2.24) is 15.3 Å². The average Bonchev–Trinajstić information content (AvgIpc) is 2.79. The smallest absolute Gasteiger partial charge is 0.328 e. The van der Waals surface area contributed by atoms with Crippen LogP contribution in [-0.4, -0.2) is 52.2 Å². The SMILES string of the molecule is CCOC(=O)CC[C@@H](NC(=O)c1ccc(CCCc2c(N)nc(N)nc2O)cc1)C(=O)OCC. The van der Waals surface area contributed by atoms with Crippen molar-refractivity contribution in [2.24, 2.45) is 0 Å². The molecule has 2 aromatic rings. The number of nitrogens with zero attached hydrogens (tertiary/aromatic N) is 2. The van der Waals surface area contributed by atoms with Gasteiger partial charge in [-0.15, -0.1) is 0 Å². The van der Waals surface area contributed by atoms with Crippen LogP contribution in [0.3, 0.4) is 0 Å². The van der Waals surface area contributed by atoms with E-state index in [4.69, 9.17) is 20.9 Å². The van der Waals surface area contributed by atoms with Gasteiger partial charge in [0.05, 0.1) is 18.8 Å². The summed E-state index contributed by atoms with van der Waals surface area (Å²) >= 11 is 0. The molecule has 184 valence electrons. The first-order valence-corrected chi connectivity index (χ1v) is 11.1. The van der Waals surface area contributed by atoms with Crippen molar-refractivity contribution in [3.05, 3.63) is 41.0 Å². The van der Waals surface area contributed by atoms with Crippen molar-refractivity contribution in [2.45, 2.75) is 52.0 Å². The third-order valence-electron chi connectivity index (χ3n) is 4.96. The molecule has 1 amide bonds. The number of carbonyl (C=O) groups excluding carboxylic acids is 3. The molecular formula is C23H31N5O6. The zero-order chi connectivity index (χ0) is 25.1. The molecule has 34 heavy (non-hydrogen) atoms. The predicted molar refractivity (Wildman–Crippen MR) is 125 cm³/mol. The molecule has 0 aliphatic rings. The number of aromatic hydroxyl groups is 1. The fourth-order valence-corrected chi connectivity index (χ4v) is 3.27. The number of benzene rings is 1. The van der Waals surface area contributed by atoms with Crippen LogP contribution in [0.1, 0.15) is 54.6 Å². The highest BCUT2D eigenvalue weighted by Crippen LogP contribution is 2.22. The van der Waals surface area contributed by atoms with Gasteiger partial charge in [0.2, 0.25) is 11.8 Å². The van der Waals surface area contributed by atoms with Crippen LogP contribution >= 0.6 is 0 Å². The van der Waals surface area contributed by atoms with Crippen molar-refractivity contribution in [3.8, 4) is 5.88 Å². The maximum atomic E-state index is 12.6. The first-order valence-electron chi connectivity index (χ1n) is 11.1. The molecule has 6 N–H and O–H groups in total. The van der Waals surface area contributed by atoms with Crippen LogP contribution in [0.5, 0.6) is 5.88 Å². The van der Waals surface area contributed by atoms with Crippen LogP contribution < -0.4 is 16.8 Å². The minimum absolute atomic E-state index is 0.0182. The third kappa shape index (κ3) is 7.91. The van der Waals surface area contributed by atoms with Gasteiger partial charge in [0.15, 0.2) is 0 Å². The van der Waals surface area contributed by atoms with E-state index in [-0.39, 0.29) is 43.7 Å². The lowest BCUT2D eigenvalue weighted by atomic mass is 10.0. The summed E-state index contributed by atoms with van der Waals surface area (Å²) in [4.78, 5) is 44.0. The molecule has 0 saturated heterocycles. The molecule has 11 heteroatoms. The quantitative estimate of drug-likeness (QED) is 0.330. The number of hydrogen-bond acceptors (Lipinski definition) is 10. The number of hydrogen-bond donors (Lipinski definition) is 4. The van der Waals surface area contributed by atoms with Crippen molar-refractivity contribution < 1.29 is 29.0 Å². The Labute approximate surface area is 197 Å². The van der Waals surface area contributed by atoms with E-state index < -0.39 is 23.9 Å². The largest absolute Gasteiger partial charge is 0.493 e. The van der Waals surface area contributed by atoms with Gasteiger partial charge < -0.3 is 31.4 Å². The molecule has 2 rings (SSSR count). The maximum absolute atomic E-state index is 12.6. The summed E-state index contributed by atoms with van der Waals surface area (Å²) in [5.41, 5.74) is 13.0. The number of esters is 2. The van der Waals surface area contributed by atoms with Gasteiger partial charge in [0.1, 0.15) is 11.9 Å². The van der Waals surface area contributed by atoms with Crippen LogP contribution in [0.15, 0.2) is 24.3 Å². The van der Waals surface area contributed by atoms with Gasteiger partial charge in [-0.1, -0.05) is 12.1 Å². The average molecular weight is 474 g/mol. The maximum Gasteiger partial charge on any atom is 0.328 e. The molecule has 0 radical (unpaired) electrons. The summed E-state index contributed by atoms with van der Waals surface area (Å²) in [7, 11) is 0. The minimum atomic E-state index is -0.961. The molecule has 0 fully saturated rings. The second-order valence-corrected chi connectivity index (χ2v) is 7.44. The molecule has 1 atom stereocenters. The molecule has 1 heterocycles. The molecule has 1 aromatic heterocycles. The highest BCUT2D eigenvalue weighted by atomic mass is 16.5. The Bertz CT molecular complexity index is 973. The Morgan fingerprint density at radius 1 is 1.03 bits per heavy atom. The molecule has 0 unspecified atom stereocenters. The van der Waals surface area contributed by atoms with E-state index in [1.165, 1.54) is 0 Å². The van der Waals surface area contributed by atoms with E-state index in [0.717, 1.165) is 5.56 Å². The number of rotatable bonds is 12. The second-order valence-electron chi connectivity index (χ2n) is 7.44. The highest BCUT2D eigenvalue weighted by Gasteiger charge is 2.24. The van der Waals surface area contributed by atoms with Crippen molar-refractivity contribution >= 4 is 29.6 Å². The highest BCUT2D eigenvalue weighted by molar-refractivity contribution is 5.96. The second kappa shape index (κ2) is 13.0. The van der Waals surface area contributed by atoms with Crippen molar-refractivity contribution in [1.29, 1.82) is 0 Å². The van der Waals surface area contributed by atoms with Crippen LogP contribution in [0.4, 0.5) is 11.8 Å². The van der Waals surface area contributed by atoms with Crippen LogP contribution in [0.25, 0.3) is 0 Å². The predicted octanol–water partition coefficient (Wildman–Crippen LogP) is 1.53. The normalized spacial score (nSPS) is 11.5. The lowest BCUT2D eigenvalue weighted by molar-refractivity contribution is -0.146. The molecular weight excluding hydrogens is 442 g/mol. The van der Waals surface area contributed by atoms with Gasteiger partial charge in [-0.2, -0.15) is 9.97 Å². The molecule has 0 aliphatic heterocycles. The number of amides is 1. The zero-order valence-corrected chi connectivity index (χ0v) is 19.4. The van der Waals surface area contributed by atoms with E-state index in [1.54, 1.807) is 38.1 Å². The van der Waals surface area contributed by atoms with E-state index in [1.807, 2.05) is 0 Å². The van der Waals surface area contributed by atoms with Crippen LogP contribution in [-0.2, 0) is 31.9 Å². The summed E-state index contributed by atoms with van der Waals surface area (Å²) in [5.74, 6) is -1.67. The van der Waals surface area contributed by atoms with Gasteiger partial charge in [-0.25, -0.2) is 4.79 Å². The number of aromatic nitrogens is 2. The number of aryl methyl sites for hydroxylation is 1. The van der Waals surface area contributed by atoms with Gasteiger partial charge in [0, 0.05) is 12.0 Å². The number of nitrogens with two attached hydrogens (primary N) is 2. The number of anilines is 2. The fourth-order valence-electron chi connectivity index (χ4n) is 3.27. The molecule has 11 nitrogen and oxygen atoms in total. The summed E-state index contributed by atoms with van der Waals surface area (Å²) < 4.78 is 9.88. The lowest BCUT2D eigenvalue weighted by Crippen LogP contribution is -2.42. The number of nitrogen functional groups attached to an aromatic ring is 2. The van der Waals surface area contributed by atoms with Crippen molar-refractivity contribution in [3.63, 3.8) is 0 Å². The molecule has 0 aliphatic carbocycles. The monoisotopic (exact) mass is 473 g/mol. The summed E-state index contributed by atoms with van der Waals surface area (Å²) in [6.07, 6.45) is 1.84. The first-order chi connectivity index (χ1) is 16.2. The molecule has 0 spiro atoms. The summed E-state index contributed by atoms with van der Waals surface area (Å²) in [5, 5.41) is 12.5. The first kappa shape index (κ1) is 26.4. The van der Waals surface area contributed by atoms with Crippen LogP contribution in [0, 0.1) is 0 Å². The number of carbonyl (C=O) groups is 3. The molecule has 1 aromatic carbocycles. The Kier molecular flexibility index (Phi) is 10.1. The fraction of sp³-hybridized carbons (Fsp3) is 0.435. The van der Waals surface area contributed by atoms with Gasteiger partial charge >= 0.3 is 11.9 Å². The summed E-state index contributed by atoms with van der Waals surface area (Å²) in [6.45, 7) is 3.75. The Balaban J connectivity index is 1.94. The van der Waals surface area contributed by atoms with Crippen molar-refractivity contribution in [2.75, 3.05) is 24.7 Å². The van der Waals surface area contributed by atoms with Gasteiger partial charge in [-0.05, 0) is 57.2 Å². The zero-order valence-electron chi connectivity index (χ0n) is 19.4. The number of nitrogens with one attached hydrogen (secondary N) is 1. The Hall–Kier alpha value is -3.89.